The molecule has 7 nitrogen and oxygen atoms in total. The van der Waals surface area contributed by atoms with Gasteiger partial charge in [-0.05, 0) is 43.5 Å². The lowest BCUT2D eigenvalue weighted by Crippen LogP contribution is -2.27. The highest BCUT2D eigenvalue weighted by Gasteiger charge is 2.38. The number of carbonyl (C=O) groups excluding carboxylic acids is 1. The summed E-state index contributed by atoms with van der Waals surface area (Å²) in [5.74, 6) is -1.56. The zero-order valence-electron chi connectivity index (χ0n) is 18.6. The number of nitrogens with zero attached hydrogens (tertiary/aromatic N) is 3. The summed E-state index contributed by atoms with van der Waals surface area (Å²) in [5.41, 5.74) is 1.98. The number of hydrogen-bond donors (Lipinski definition) is 1. The van der Waals surface area contributed by atoms with Crippen LogP contribution in [-0.2, 0) is 34.1 Å². The number of nitrogens with one attached hydrogen (secondary N) is 1. The molecule has 1 amide bonds. The number of alkyl halides is 3. The van der Waals surface area contributed by atoms with E-state index >= 15 is 0 Å². The van der Waals surface area contributed by atoms with Crippen molar-refractivity contribution in [2.75, 3.05) is 13.1 Å². The Bertz CT molecular complexity index is 1310. The van der Waals surface area contributed by atoms with Gasteiger partial charge < -0.3 is 9.88 Å². The van der Waals surface area contributed by atoms with Gasteiger partial charge in [0.1, 0.15) is 0 Å². The minimum absolute atomic E-state index is 0.0761. The van der Waals surface area contributed by atoms with Crippen molar-refractivity contribution in [1.29, 1.82) is 0 Å². The molecule has 0 unspecified atom stereocenters. The second-order valence-corrected chi connectivity index (χ2v) is 10.3. The van der Waals surface area contributed by atoms with Gasteiger partial charge in [-0.1, -0.05) is 29.8 Å². The minimum Gasteiger partial charge on any atom is -0.352 e. The number of carbonyl (C=O) groups is 1. The van der Waals surface area contributed by atoms with Gasteiger partial charge in [0.15, 0.2) is 0 Å². The van der Waals surface area contributed by atoms with Crippen molar-refractivity contribution in [1.82, 2.24) is 19.2 Å². The Hall–Kier alpha value is -2.92. The number of benzene rings is 2. The van der Waals surface area contributed by atoms with Crippen LogP contribution in [0.1, 0.15) is 36.2 Å². The summed E-state index contributed by atoms with van der Waals surface area (Å²) in [5, 5.41) is 2.72. The highest BCUT2D eigenvalue weighted by Crippen LogP contribution is 2.33. The van der Waals surface area contributed by atoms with E-state index in [1.54, 1.807) is 0 Å². The van der Waals surface area contributed by atoms with Crippen LogP contribution >= 0.6 is 0 Å². The average Bonchev–Trinajstić information content (AvgIpc) is 3.44. The number of amides is 1. The molecule has 1 aliphatic heterocycles. The molecule has 2 heterocycles. The van der Waals surface area contributed by atoms with Gasteiger partial charge in [0.2, 0.25) is 21.8 Å². The monoisotopic (exact) mass is 494 g/mol. The number of imidazole rings is 1. The van der Waals surface area contributed by atoms with E-state index in [1.165, 1.54) is 22.5 Å². The molecule has 0 bridgehead atoms. The fourth-order valence-electron chi connectivity index (χ4n) is 4.11. The Labute approximate surface area is 195 Å². The second-order valence-electron chi connectivity index (χ2n) is 8.36. The molecule has 0 atom stereocenters. The molecule has 0 radical (unpaired) electrons. The number of sulfonamides is 1. The van der Waals surface area contributed by atoms with Crippen molar-refractivity contribution in [3.63, 3.8) is 0 Å². The van der Waals surface area contributed by atoms with E-state index in [4.69, 9.17) is 0 Å². The molecule has 182 valence electrons. The first-order valence-corrected chi connectivity index (χ1v) is 12.4. The molecule has 0 aliphatic carbocycles. The lowest BCUT2D eigenvalue weighted by atomic mass is 10.1. The highest BCUT2D eigenvalue weighted by molar-refractivity contribution is 7.89. The van der Waals surface area contributed by atoms with Gasteiger partial charge >= 0.3 is 6.18 Å². The van der Waals surface area contributed by atoms with E-state index in [-0.39, 0.29) is 35.4 Å². The molecule has 1 N–H and O–H groups in total. The predicted octanol–water partition coefficient (Wildman–Crippen LogP) is 3.85. The predicted molar refractivity (Wildman–Crippen MR) is 120 cm³/mol. The number of rotatable bonds is 7. The summed E-state index contributed by atoms with van der Waals surface area (Å²) < 4.78 is 68.9. The zero-order valence-corrected chi connectivity index (χ0v) is 19.4. The summed E-state index contributed by atoms with van der Waals surface area (Å²) in [4.78, 5) is 15.9. The van der Waals surface area contributed by atoms with Crippen LogP contribution in [0, 0.1) is 6.92 Å². The molecular formula is C23H25F3N4O3S. The van der Waals surface area contributed by atoms with E-state index < -0.39 is 27.9 Å². The van der Waals surface area contributed by atoms with Crippen molar-refractivity contribution in [3.05, 3.63) is 59.4 Å². The first kappa shape index (κ1) is 24.2. The van der Waals surface area contributed by atoms with Gasteiger partial charge in [-0.3, -0.25) is 4.79 Å². The van der Waals surface area contributed by atoms with Crippen LogP contribution in [0.15, 0.2) is 47.4 Å². The maximum atomic E-state index is 13.7. The third-order valence-corrected chi connectivity index (χ3v) is 7.71. The van der Waals surface area contributed by atoms with Gasteiger partial charge in [-0.15, -0.1) is 0 Å². The third kappa shape index (κ3) is 5.10. The molecule has 1 aromatic heterocycles. The molecule has 4 rings (SSSR count). The average molecular weight is 495 g/mol. The summed E-state index contributed by atoms with van der Waals surface area (Å²) in [6.45, 7) is 2.73. The molecule has 1 aliphatic rings. The van der Waals surface area contributed by atoms with Crippen molar-refractivity contribution in [2.45, 2.75) is 50.3 Å². The topological polar surface area (TPSA) is 84.3 Å². The van der Waals surface area contributed by atoms with Crippen LogP contribution in [0.3, 0.4) is 0 Å². The molecule has 1 saturated heterocycles. The Morgan fingerprint density at radius 1 is 1.12 bits per heavy atom. The van der Waals surface area contributed by atoms with Crippen LogP contribution in [-0.4, -0.2) is 41.3 Å². The Morgan fingerprint density at radius 2 is 1.85 bits per heavy atom. The maximum Gasteiger partial charge on any atom is 0.449 e. The van der Waals surface area contributed by atoms with Crippen LogP contribution in [0.5, 0.6) is 0 Å². The normalized spacial score (nSPS) is 15.2. The molecule has 0 saturated carbocycles. The summed E-state index contributed by atoms with van der Waals surface area (Å²) >= 11 is 0. The fourth-order valence-corrected chi connectivity index (χ4v) is 5.65. The van der Waals surface area contributed by atoms with Crippen LogP contribution in [0.4, 0.5) is 13.2 Å². The first-order chi connectivity index (χ1) is 16.1. The number of hydrogen-bond acceptors (Lipinski definition) is 4. The molecule has 11 heteroatoms. The number of fused-ring (bicyclic) bond motifs is 1. The quantitative estimate of drug-likeness (QED) is 0.541. The fraction of sp³-hybridized carbons (Fsp3) is 0.391. The Morgan fingerprint density at radius 3 is 2.53 bits per heavy atom. The van der Waals surface area contributed by atoms with Gasteiger partial charge in [-0.2, -0.15) is 17.5 Å². The zero-order chi connectivity index (χ0) is 24.5. The lowest BCUT2D eigenvalue weighted by molar-refractivity contribution is -0.147. The van der Waals surface area contributed by atoms with Crippen molar-refractivity contribution >= 4 is 27.0 Å². The second kappa shape index (κ2) is 9.38. The van der Waals surface area contributed by atoms with E-state index in [2.05, 4.69) is 10.3 Å². The number of halogens is 3. The lowest BCUT2D eigenvalue weighted by Gasteiger charge is -2.15. The molecule has 3 aromatic rings. The van der Waals surface area contributed by atoms with Gasteiger partial charge in [0.25, 0.3) is 0 Å². The SMILES string of the molecule is Cc1cccc(CNC(=O)CCn2c(C(F)(F)F)nc3cc(S(=O)(=O)N4CCCC4)ccc32)c1. The van der Waals surface area contributed by atoms with E-state index in [9.17, 15) is 26.4 Å². The van der Waals surface area contributed by atoms with Gasteiger partial charge in [0, 0.05) is 32.6 Å². The Balaban J connectivity index is 1.55. The highest BCUT2D eigenvalue weighted by atomic mass is 32.2. The van der Waals surface area contributed by atoms with Crippen LogP contribution < -0.4 is 5.32 Å². The largest absolute Gasteiger partial charge is 0.449 e. The first-order valence-electron chi connectivity index (χ1n) is 11.0. The van der Waals surface area contributed by atoms with Crippen molar-refractivity contribution in [3.8, 4) is 0 Å². The van der Waals surface area contributed by atoms with Crippen molar-refractivity contribution in [2.24, 2.45) is 0 Å². The van der Waals surface area contributed by atoms with E-state index in [0.29, 0.717) is 13.1 Å². The molecule has 1 fully saturated rings. The van der Waals surface area contributed by atoms with E-state index in [1.807, 2.05) is 31.2 Å². The molecular weight excluding hydrogens is 469 g/mol. The number of aryl methyl sites for hydroxylation is 2. The summed E-state index contributed by atoms with van der Waals surface area (Å²) in [7, 11) is -3.79. The molecule has 34 heavy (non-hydrogen) atoms. The smallest absolute Gasteiger partial charge is 0.352 e. The minimum atomic E-state index is -4.76. The standard InChI is InChI=1S/C23H25F3N4O3S/c1-16-5-4-6-17(13-16)15-27-21(31)9-12-30-20-8-7-18(34(32,33)29-10-2-3-11-29)14-19(20)28-22(30)23(24,25)26/h4-8,13-14H,2-3,9-12,15H2,1H3,(H,27,31). The van der Waals surface area contributed by atoms with Crippen molar-refractivity contribution < 1.29 is 26.4 Å². The van der Waals surface area contributed by atoms with Gasteiger partial charge in [-0.25, -0.2) is 13.4 Å². The van der Waals surface area contributed by atoms with Crippen LogP contribution in [0.25, 0.3) is 11.0 Å². The molecule has 0 spiro atoms. The summed E-state index contributed by atoms with van der Waals surface area (Å²) in [6, 6.07) is 11.4. The third-order valence-electron chi connectivity index (χ3n) is 5.81. The van der Waals surface area contributed by atoms with E-state index in [0.717, 1.165) is 28.5 Å². The Kier molecular flexibility index (Phi) is 6.68. The van der Waals surface area contributed by atoms with Gasteiger partial charge in [0.05, 0.1) is 15.9 Å². The summed E-state index contributed by atoms with van der Waals surface area (Å²) in [6.07, 6.45) is -3.44. The molecule has 2 aromatic carbocycles. The maximum absolute atomic E-state index is 13.7. The number of aromatic nitrogens is 2. The van der Waals surface area contributed by atoms with Crippen LogP contribution in [0.2, 0.25) is 0 Å².